The third-order valence-corrected chi connectivity index (χ3v) is 4.45. The van der Waals surface area contributed by atoms with Crippen LogP contribution in [0, 0.1) is 0 Å². The molecule has 2 rings (SSSR count). The van der Waals surface area contributed by atoms with E-state index in [0.717, 1.165) is 4.90 Å². The number of hydrogen-bond acceptors (Lipinski definition) is 5. The predicted octanol–water partition coefficient (Wildman–Crippen LogP) is 3.96. The molecular weight excluding hydrogens is 388 g/mol. The molecule has 27 heavy (non-hydrogen) atoms. The number of hydrogen-bond donors (Lipinski definition) is 2. The van der Waals surface area contributed by atoms with Gasteiger partial charge in [0, 0.05) is 34.0 Å². The number of rotatable bonds is 8. The van der Waals surface area contributed by atoms with E-state index in [2.05, 4.69) is 10.6 Å². The van der Waals surface area contributed by atoms with Gasteiger partial charge < -0.3 is 15.4 Å². The van der Waals surface area contributed by atoms with Gasteiger partial charge in [-0.05, 0) is 42.5 Å². The summed E-state index contributed by atoms with van der Waals surface area (Å²) < 4.78 is 4.97. The van der Waals surface area contributed by atoms with E-state index in [1.807, 2.05) is 18.2 Å². The first-order chi connectivity index (χ1) is 12.9. The van der Waals surface area contributed by atoms with Crippen molar-refractivity contribution in [3.63, 3.8) is 0 Å². The molecular formula is C19H19ClN2O4S. The number of nitrogens with one attached hydrogen (secondary N) is 2. The molecule has 2 aromatic rings. The third-order valence-electron chi connectivity index (χ3n) is 3.22. The first-order valence-corrected chi connectivity index (χ1v) is 9.50. The van der Waals surface area contributed by atoms with Crippen LogP contribution < -0.4 is 10.6 Å². The fourth-order valence-electron chi connectivity index (χ4n) is 2.06. The molecule has 6 nitrogen and oxygen atoms in total. The van der Waals surface area contributed by atoms with Crippen LogP contribution in [0.2, 0.25) is 5.02 Å². The Morgan fingerprint density at radius 2 is 1.70 bits per heavy atom. The van der Waals surface area contributed by atoms with Gasteiger partial charge in [-0.15, -0.1) is 11.8 Å². The molecule has 2 amide bonds. The molecule has 0 aliphatic rings. The molecule has 2 aromatic carbocycles. The summed E-state index contributed by atoms with van der Waals surface area (Å²) in [6, 6.07) is 14.0. The summed E-state index contributed by atoms with van der Waals surface area (Å²) in [4.78, 5) is 35.5. The second-order valence-corrected chi connectivity index (χ2v) is 7.13. The van der Waals surface area contributed by atoms with E-state index in [4.69, 9.17) is 16.3 Å². The monoisotopic (exact) mass is 406 g/mol. The number of thioether (sulfide) groups is 1. The first-order valence-electron chi connectivity index (χ1n) is 8.14. The molecule has 0 spiro atoms. The Morgan fingerprint density at radius 1 is 1.04 bits per heavy atom. The average Bonchev–Trinajstić information content (AvgIpc) is 2.61. The van der Waals surface area contributed by atoms with E-state index in [9.17, 15) is 14.4 Å². The minimum Gasteiger partial charge on any atom is -0.456 e. The van der Waals surface area contributed by atoms with Crippen molar-refractivity contribution in [3.8, 4) is 0 Å². The van der Waals surface area contributed by atoms with E-state index in [0.29, 0.717) is 22.2 Å². The Bertz CT molecular complexity index is 812. The van der Waals surface area contributed by atoms with Gasteiger partial charge in [-0.25, -0.2) is 0 Å². The summed E-state index contributed by atoms with van der Waals surface area (Å²) in [5.74, 6) is -0.517. The van der Waals surface area contributed by atoms with Crippen LogP contribution in [-0.2, 0) is 19.1 Å². The Labute approximate surface area is 166 Å². The second kappa shape index (κ2) is 10.6. The van der Waals surface area contributed by atoms with Gasteiger partial charge >= 0.3 is 5.97 Å². The Morgan fingerprint density at radius 3 is 2.33 bits per heavy atom. The van der Waals surface area contributed by atoms with Crippen LogP contribution in [0.25, 0.3) is 0 Å². The van der Waals surface area contributed by atoms with E-state index in [1.54, 1.807) is 30.3 Å². The maximum Gasteiger partial charge on any atom is 0.307 e. The van der Waals surface area contributed by atoms with E-state index in [-0.39, 0.29) is 18.9 Å². The van der Waals surface area contributed by atoms with Crippen molar-refractivity contribution in [2.24, 2.45) is 0 Å². The lowest BCUT2D eigenvalue weighted by Gasteiger charge is -2.08. The normalized spacial score (nSPS) is 10.1. The Balaban J connectivity index is 1.67. The van der Waals surface area contributed by atoms with Gasteiger partial charge in [-0.2, -0.15) is 0 Å². The summed E-state index contributed by atoms with van der Waals surface area (Å²) >= 11 is 7.39. The van der Waals surface area contributed by atoms with Gasteiger partial charge in [-0.1, -0.05) is 17.7 Å². The zero-order valence-corrected chi connectivity index (χ0v) is 16.2. The summed E-state index contributed by atoms with van der Waals surface area (Å²) in [5, 5.41) is 5.89. The van der Waals surface area contributed by atoms with Crippen LogP contribution in [0.15, 0.2) is 53.4 Å². The van der Waals surface area contributed by atoms with Crippen molar-refractivity contribution in [2.75, 3.05) is 23.0 Å². The maximum atomic E-state index is 11.8. The Hall–Kier alpha value is -2.51. The van der Waals surface area contributed by atoms with Gasteiger partial charge in [0.05, 0.1) is 6.42 Å². The summed E-state index contributed by atoms with van der Waals surface area (Å²) in [7, 11) is 0. The van der Waals surface area contributed by atoms with Gasteiger partial charge in [0.25, 0.3) is 5.91 Å². The van der Waals surface area contributed by atoms with Crippen molar-refractivity contribution in [2.45, 2.75) is 18.2 Å². The van der Waals surface area contributed by atoms with Gasteiger partial charge in [0.2, 0.25) is 5.91 Å². The number of benzene rings is 2. The zero-order chi connectivity index (χ0) is 19.6. The lowest BCUT2D eigenvalue weighted by Crippen LogP contribution is -2.21. The highest BCUT2D eigenvalue weighted by atomic mass is 35.5. The standard InChI is InChI=1S/C19H19ClN2O4S/c1-13(23)21-15-5-7-16(8-6-15)22-18(24)12-26-19(25)9-10-27-17-4-2-3-14(20)11-17/h2-8,11H,9-10,12H2,1H3,(H,21,23)(H,22,24). The van der Waals surface area contributed by atoms with Crippen molar-refractivity contribution >= 4 is 52.5 Å². The fourth-order valence-corrected chi connectivity index (χ4v) is 3.21. The van der Waals surface area contributed by atoms with Gasteiger partial charge in [-0.3, -0.25) is 14.4 Å². The number of esters is 1. The summed E-state index contributed by atoms with van der Waals surface area (Å²) in [6.07, 6.45) is 0.190. The lowest BCUT2D eigenvalue weighted by molar-refractivity contribution is -0.146. The van der Waals surface area contributed by atoms with Crippen molar-refractivity contribution in [1.29, 1.82) is 0 Å². The van der Waals surface area contributed by atoms with E-state index < -0.39 is 11.9 Å². The highest BCUT2D eigenvalue weighted by Gasteiger charge is 2.08. The minimum absolute atomic E-state index is 0.174. The molecule has 0 saturated carbocycles. The number of halogens is 1. The quantitative estimate of drug-likeness (QED) is 0.512. The molecule has 0 atom stereocenters. The molecule has 0 heterocycles. The van der Waals surface area contributed by atoms with Crippen LogP contribution in [0.4, 0.5) is 11.4 Å². The number of anilines is 2. The molecule has 0 aliphatic carbocycles. The fraction of sp³-hybridized carbons (Fsp3) is 0.211. The first kappa shape index (κ1) is 20.8. The topological polar surface area (TPSA) is 84.5 Å². The SMILES string of the molecule is CC(=O)Nc1ccc(NC(=O)COC(=O)CCSc2cccc(Cl)c2)cc1. The van der Waals surface area contributed by atoms with Gasteiger partial charge in [0.1, 0.15) is 0 Å². The predicted molar refractivity (Wildman–Crippen MR) is 107 cm³/mol. The Kier molecular flexibility index (Phi) is 8.16. The molecule has 0 radical (unpaired) electrons. The van der Waals surface area contributed by atoms with Crippen LogP contribution in [0.5, 0.6) is 0 Å². The highest BCUT2D eigenvalue weighted by Crippen LogP contribution is 2.22. The van der Waals surface area contributed by atoms with Crippen molar-refractivity contribution in [1.82, 2.24) is 0 Å². The molecule has 0 saturated heterocycles. The summed E-state index contributed by atoms with van der Waals surface area (Å²) in [5.41, 5.74) is 1.17. The molecule has 0 fully saturated rings. The number of ether oxygens (including phenoxy) is 1. The van der Waals surface area contributed by atoms with E-state index in [1.165, 1.54) is 18.7 Å². The zero-order valence-electron chi connectivity index (χ0n) is 14.7. The molecule has 8 heteroatoms. The number of carbonyl (C=O) groups excluding carboxylic acids is 3. The van der Waals surface area contributed by atoms with E-state index >= 15 is 0 Å². The summed E-state index contributed by atoms with van der Waals surface area (Å²) in [6.45, 7) is 1.06. The second-order valence-electron chi connectivity index (χ2n) is 5.52. The van der Waals surface area contributed by atoms with Crippen LogP contribution in [-0.4, -0.2) is 30.1 Å². The number of carbonyl (C=O) groups is 3. The molecule has 0 bridgehead atoms. The van der Waals surface area contributed by atoms with Crippen molar-refractivity contribution in [3.05, 3.63) is 53.6 Å². The molecule has 2 N–H and O–H groups in total. The molecule has 0 unspecified atom stereocenters. The number of amides is 2. The smallest absolute Gasteiger partial charge is 0.307 e. The largest absolute Gasteiger partial charge is 0.456 e. The average molecular weight is 407 g/mol. The van der Waals surface area contributed by atoms with Crippen LogP contribution in [0.1, 0.15) is 13.3 Å². The maximum absolute atomic E-state index is 11.8. The lowest BCUT2D eigenvalue weighted by atomic mass is 10.2. The third kappa shape index (κ3) is 8.15. The molecule has 0 aromatic heterocycles. The van der Waals surface area contributed by atoms with Gasteiger partial charge in [0.15, 0.2) is 6.61 Å². The van der Waals surface area contributed by atoms with Crippen LogP contribution >= 0.6 is 23.4 Å². The molecule has 0 aliphatic heterocycles. The minimum atomic E-state index is -0.444. The highest BCUT2D eigenvalue weighted by molar-refractivity contribution is 7.99. The van der Waals surface area contributed by atoms with Crippen molar-refractivity contribution < 1.29 is 19.1 Å². The molecule has 142 valence electrons. The van der Waals surface area contributed by atoms with Crippen LogP contribution in [0.3, 0.4) is 0 Å².